The van der Waals surface area contributed by atoms with E-state index in [9.17, 15) is 18.0 Å². The molecule has 0 radical (unpaired) electrons. The van der Waals surface area contributed by atoms with E-state index in [4.69, 9.17) is 4.74 Å². The van der Waals surface area contributed by atoms with Gasteiger partial charge in [-0.3, -0.25) is 13.9 Å². The highest BCUT2D eigenvalue weighted by Gasteiger charge is 2.34. The summed E-state index contributed by atoms with van der Waals surface area (Å²) in [5.74, 6) is 0.0131. The number of aryl methyl sites for hydroxylation is 2. The van der Waals surface area contributed by atoms with Crippen LogP contribution >= 0.6 is 0 Å². The molecule has 4 rings (SSSR count). The molecule has 0 bridgehead atoms. The summed E-state index contributed by atoms with van der Waals surface area (Å²) in [5, 5.41) is 3.18. The normalized spacial score (nSPS) is 14.5. The first-order valence-corrected chi connectivity index (χ1v) is 16.5. The Hall–Kier alpha value is -3.85. The Morgan fingerprint density at radius 1 is 0.930 bits per heavy atom. The molecule has 43 heavy (non-hydrogen) atoms. The number of ether oxygens (including phenoxy) is 1. The van der Waals surface area contributed by atoms with Crippen LogP contribution in [0.3, 0.4) is 0 Å². The van der Waals surface area contributed by atoms with Crippen molar-refractivity contribution < 1.29 is 22.7 Å². The number of carbonyl (C=O) groups excluding carboxylic acids is 2. The Balaban J connectivity index is 1.71. The number of para-hydroxylation sites is 1. The summed E-state index contributed by atoms with van der Waals surface area (Å²) in [7, 11) is -2.52. The summed E-state index contributed by atoms with van der Waals surface area (Å²) >= 11 is 0. The van der Waals surface area contributed by atoms with Crippen LogP contribution in [0.25, 0.3) is 0 Å². The second kappa shape index (κ2) is 14.6. The van der Waals surface area contributed by atoms with Gasteiger partial charge in [-0.25, -0.2) is 8.42 Å². The average molecular weight is 606 g/mol. The highest BCUT2D eigenvalue weighted by molar-refractivity contribution is 7.92. The van der Waals surface area contributed by atoms with E-state index in [0.29, 0.717) is 17.9 Å². The zero-order chi connectivity index (χ0) is 31.0. The number of benzene rings is 3. The van der Waals surface area contributed by atoms with E-state index >= 15 is 0 Å². The molecule has 1 aliphatic carbocycles. The molecule has 1 aliphatic rings. The molecule has 1 atom stereocenters. The fraction of sp³-hybridized carbons (Fsp3) is 0.412. The molecule has 1 N–H and O–H groups in total. The number of amides is 2. The van der Waals surface area contributed by atoms with E-state index in [2.05, 4.69) is 5.32 Å². The largest absolute Gasteiger partial charge is 0.497 e. The number of carbonyl (C=O) groups is 2. The second-order valence-corrected chi connectivity index (χ2v) is 13.1. The number of hydrogen-bond acceptors (Lipinski definition) is 5. The van der Waals surface area contributed by atoms with Crippen LogP contribution in [-0.2, 0) is 26.2 Å². The molecule has 0 aliphatic heterocycles. The van der Waals surface area contributed by atoms with Crippen LogP contribution in [0.15, 0.2) is 77.7 Å². The minimum Gasteiger partial charge on any atom is -0.497 e. The maximum absolute atomic E-state index is 14.3. The summed E-state index contributed by atoms with van der Waals surface area (Å²) in [4.78, 5) is 29.6. The van der Waals surface area contributed by atoms with Gasteiger partial charge in [0.1, 0.15) is 18.3 Å². The lowest BCUT2D eigenvalue weighted by Gasteiger charge is -2.34. The topological polar surface area (TPSA) is 96.0 Å². The van der Waals surface area contributed by atoms with Gasteiger partial charge in [0.15, 0.2) is 0 Å². The number of hydrogen-bond donors (Lipinski definition) is 1. The minimum absolute atomic E-state index is 0.0821. The van der Waals surface area contributed by atoms with Crippen molar-refractivity contribution >= 4 is 27.5 Å². The molecule has 0 heterocycles. The predicted octanol–water partition coefficient (Wildman–Crippen LogP) is 5.76. The molecule has 0 saturated heterocycles. The van der Waals surface area contributed by atoms with Crippen LogP contribution < -0.4 is 14.4 Å². The lowest BCUT2D eigenvalue weighted by Crippen LogP contribution is -2.54. The standard InChI is InChI=1S/C34H43N3O5S/c1-5-31(34(39)35-28-12-7-6-8-13-28)36(23-27-17-19-29(42-4)20-18-27)33(38)24-37(32-14-10-9-11-26(32)3)43(40,41)30-21-15-25(2)16-22-30/h9-11,14-22,28,31H,5-8,12-13,23-24H2,1-4H3,(H,35,39)/t31-/m0/s1. The number of anilines is 1. The Bertz CT molecular complexity index is 1480. The van der Waals surface area contributed by atoms with E-state index in [1.807, 2.05) is 57.2 Å². The van der Waals surface area contributed by atoms with E-state index in [1.165, 1.54) is 9.21 Å². The predicted molar refractivity (Wildman–Crippen MR) is 170 cm³/mol. The SMILES string of the molecule is CC[C@@H](C(=O)NC1CCCCC1)N(Cc1ccc(OC)cc1)C(=O)CN(c1ccccc1C)S(=O)(=O)c1ccc(C)cc1. The molecule has 3 aromatic carbocycles. The summed E-state index contributed by atoms with van der Waals surface area (Å²) in [6, 6.07) is 20.3. The summed E-state index contributed by atoms with van der Waals surface area (Å²) in [5.41, 5.74) is 2.87. The van der Waals surface area contributed by atoms with Gasteiger partial charge in [0.25, 0.3) is 10.0 Å². The van der Waals surface area contributed by atoms with Crippen molar-refractivity contribution in [1.29, 1.82) is 0 Å². The van der Waals surface area contributed by atoms with Crippen LogP contribution in [0.4, 0.5) is 5.69 Å². The van der Waals surface area contributed by atoms with Gasteiger partial charge in [0.2, 0.25) is 11.8 Å². The molecular weight excluding hydrogens is 562 g/mol. The first-order valence-electron chi connectivity index (χ1n) is 15.0. The van der Waals surface area contributed by atoms with Crippen LogP contribution in [0.2, 0.25) is 0 Å². The number of nitrogens with zero attached hydrogens (tertiary/aromatic N) is 2. The molecule has 0 spiro atoms. The first-order chi connectivity index (χ1) is 20.6. The quantitative estimate of drug-likeness (QED) is 0.283. The summed E-state index contributed by atoms with van der Waals surface area (Å²) in [6.07, 6.45) is 5.53. The highest BCUT2D eigenvalue weighted by Crippen LogP contribution is 2.28. The zero-order valence-electron chi connectivity index (χ0n) is 25.6. The van der Waals surface area contributed by atoms with Gasteiger partial charge in [0, 0.05) is 12.6 Å². The number of rotatable bonds is 12. The van der Waals surface area contributed by atoms with Crippen molar-refractivity contribution in [1.82, 2.24) is 10.2 Å². The molecule has 0 aromatic heterocycles. The molecular formula is C34H43N3O5S. The van der Waals surface area contributed by atoms with Crippen molar-refractivity contribution in [3.63, 3.8) is 0 Å². The van der Waals surface area contributed by atoms with Gasteiger partial charge in [-0.2, -0.15) is 0 Å². The number of sulfonamides is 1. The van der Waals surface area contributed by atoms with E-state index in [1.54, 1.807) is 43.5 Å². The molecule has 2 amide bonds. The van der Waals surface area contributed by atoms with E-state index < -0.39 is 28.5 Å². The molecule has 3 aromatic rings. The monoisotopic (exact) mass is 605 g/mol. The minimum atomic E-state index is -4.11. The third-order valence-corrected chi connectivity index (χ3v) is 9.90. The Kier molecular flexibility index (Phi) is 10.9. The molecule has 230 valence electrons. The Morgan fingerprint density at radius 2 is 1.58 bits per heavy atom. The second-order valence-electron chi connectivity index (χ2n) is 11.2. The number of nitrogens with one attached hydrogen (secondary N) is 1. The third kappa shape index (κ3) is 7.96. The van der Waals surface area contributed by atoms with E-state index in [-0.39, 0.29) is 23.4 Å². The molecule has 1 fully saturated rings. The maximum atomic E-state index is 14.3. The van der Waals surface area contributed by atoms with Crippen LogP contribution in [0.5, 0.6) is 5.75 Å². The van der Waals surface area contributed by atoms with Crippen molar-refractivity contribution in [2.45, 2.75) is 82.8 Å². The van der Waals surface area contributed by atoms with Gasteiger partial charge in [-0.1, -0.05) is 74.2 Å². The Morgan fingerprint density at radius 3 is 2.19 bits per heavy atom. The van der Waals surface area contributed by atoms with Crippen LogP contribution in [0.1, 0.15) is 62.1 Å². The van der Waals surface area contributed by atoms with Gasteiger partial charge in [-0.05, 0) is 74.6 Å². The lowest BCUT2D eigenvalue weighted by molar-refractivity contribution is -0.140. The van der Waals surface area contributed by atoms with Crippen molar-refractivity contribution in [3.8, 4) is 5.75 Å². The van der Waals surface area contributed by atoms with Gasteiger partial charge >= 0.3 is 0 Å². The Labute approximate surface area is 256 Å². The average Bonchev–Trinajstić information content (AvgIpc) is 3.01. The van der Waals surface area contributed by atoms with Crippen molar-refractivity contribution in [3.05, 3.63) is 89.5 Å². The molecule has 1 saturated carbocycles. The van der Waals surface area contributed by atoms with E-state index in [0.717, 1.165) is 48.8 Å². The zero-order valence-corrected chi connectivity index (χ0v) is 26.4. The maximum Gasteiger partial charge on any atom is 0.264 e. The highest BCUT2D eigenvalue weighted by atomic mass is 32.2. The van der Waals surface area contributed by atoms with Crippen LogP contribution in [-0.4, -0.2) is 50.9 Å². The van der Waals surface area contributed by atoms with Gasteiger partial charge in [0.05, 0.1) is 17.7 Å². The molecule has 8 nitrogen and oxygen atoms in total. The fourth-order valence-electron chi connectivity index (χ4n) is 5.59. The smallest absolute Gasteiger partial charge is 0.264 e. The summed E-state index contributed by atoms with van der Waals surface area (Å²) < 4.78 is 34.6. The van der Waals surface area contributed by atoms with Crippen molar-refractivity contribution in [2.75, 3.05) is 18.0 Å². The third-order valence-electron chi connectivity index (χ3n) is 8.12. The first kappa shape index (κ1) is 32.1. The van der Waals surface area contributed by atoms with Gasteiger partial charge in [-0.15, -0.1) is 0 Å². The number of methoxy groups -OCH3 is 1. The molecule has 9 heteroatoms. The van der Waals surface area contributed by atoms with Crippen molar-refractivity contribution in [2.24, 2.45) is 0 Å². The fourth-order valence-corrected chi connectivity index (χ4v) is 7.06. The molecule has 0 unspecified atom stereocenters. The van der Waals surface area contributed by atoms with Crippen LogP contribution in [0, 0.1) is 13.8 Å². The summed E-state index contributed by atoms with van der Waals surface area (Å²) in [6.45, 7) is 5.27. The van der Waals surface area contributed by atoms with Gasteiger partial charge < -0.3 is 15.0 Å². The lowest BCUT2D eigenvalue weighted by atomic mass is 9.95.